The van der Waals surface area contributed by atoms with Gasteiger partial charge in [0.25, 0.3) is 0 Å². The van der Waals surface area contributed by atoms with Gasteiger partial charge in [0.15, 0.2) is 0 Å². The molecule has 0 atom stereocenters. The van der Waals surface area contributed by atoms with E-state index in [2.05, 4.69) is 15.1 Å². The Kier molecular flexibility index (Phi) is 4.18. The summed E-state index contributed by atoms with van der Waals surface area (Å²) in [5.41, 5.74) is 9.38. The SMILES string of the molecule is N=C(Cc1ccc2ncnc(N)c2c1)n1nc(-c2ccccc2)ccc1=N. The first-order valence-corrected chi connectivity index (χ1v) is 8.39. The highest BCUT2D eigenvalue weighted by Crippen LogP contribution is 2.19. The molecule has 0 bridgehead atoms. The molecule has 4 aromatic rings. The maximum atomic E-state index is 8.45. The van der Waals surface area contributed by atoms with E-state index in [9.17, 15) is 0 Å². The van der Waals surface area contributed by atoms with E-state index in [1.165, 1.54) is 11.0 Å². The molecule has 0 fully saturated rings. The first kappa shape index (κ1) is 16.6. The zero-order chi connectivity index (χ0) is 18.8. The van der Waals surface area contributed by atoms with Crippen LogP contribution >= 0.6 is 0 Å². The Hall–Kier alpha value is -3.87. The van der Waals surface area contributed by atoms with E-state index in [0.29, 0.717) is 17.9 Å². The number of rotatable bonds is 3. The molecule has 132 valence electrons. The zero-order valence-electron chi connectivity index (χ0n) is 14.4. The Morgan fingerprint density at radius 2 is 1.81 bits per heavy atom. The molecule has 0 aliphatic heterocycles. The molecule has 0 radical (unpaired) electrons. The molecule has 0 aliphatic carbocycles. The molecule has 7 heteroatoms. The molecule has 4 rings (SSSR count). The van der Waals surface area contributed by atoms with Gasteiger partial charge in [0.2, 0.25) is 0 Å². The molecule has 7 nitrogen and oxygen atoms in total. The van der Waals surface area contributed by atoms with Gasteiger partial charge in [-0.3, -0.25) is 10.8 Å². The van der Waals surface area contributed by atoms with Crippen molar-refractivity contribution in [2.75, 3.05) is 5.73 Å². The lowest BCUT2D eigenvalue weighted by atomic mass is 10.1. The Balaban J connectivity index is 1.67. The molecule has 2 aromatic heterocycles. The highest BCUT2D eigenvalue weighted by Gasteiger charge is 2.09. The van der Waals surface area contributed by atoms with E-state index < -0.39 is 0 Å². The summed E-state index contributed by atoms with van der Waals surface area (Å²) in [6.07, 6.45) is 1.74. The molecule has 0 amide bonds. The molecule has 2 aromatic carbocycles. The summed E-state index contributed by atoms with van der Waals surface area (Å²) < 4.78 is 1.34. The van der Waals surface area contributed by atoms with E-state index in [4.69, 9.17) is 16.6 Å². The third-order valence-electron chi connectivity index (χ3n) is 4.26. The van der Waals surface area contributed by atoms with Gasteiger partial charge in [0.1, 0.15) is 23.5 Å². The first-order valence-electron chi connectivity index (χ1n) is 8.39. The first-order chi connectivity index (χ1) is 13.1. The van der Waals surface area contributed by atoms with Crippen LogP contribution < -0.4 is 11.2 Å². The second-order valence-corrected chi connectivity index (χ2v) is 6.12. The summed E-state index contributed by atoms with van der Waals surface area (Å²) in [5, 5.41) is 21.8. The van der Waals surface area contributed by atoms with E-state index >= 15 is 0 Å². The molecule has 0 saturated carbocycles. The quantitative estimate of drug-likeness (QED) is 0.387. The monoisotopic (exact) mass is 355 g/mol. The maximum absolute atomic E-state index is 8.45. The fourth-order valence-corrected chi connectivity index (χ4v) is 2.89. The standard InChI is InChI=1S/C20H17N7/c21-18-9-8-16(14-4-2-1-3-5-14)26-27(18)19(22)11-13-6-7-17-15(10-13)20(23)25-12-24-17/h1-10,12,21-22H,11H2,(H2,23,24,25). The number of nitrogens with zero attached hydrogens (tertiary/aromatic N) is 4. The van der Waals surface area contributed by atoms with E-state index in [1.54, 1.807) is 12.1 Å². The molecular weight excluding hydrogens is 338 g/mol. The molecule has 0 spiro atoms. The fourth-order valence-electron chi connectivity index (χ4n) is 2.89. The van der Waals surface area contributed by atoms with Gasteiger partial charge in [-0.1, -0.05) is 36.4 Å². The molecule has 2 heterocycles. The minimum Gasteiger partial charge on any atom is -0.383 e. The van der Waals surface area contributed by atoms with Crippen molar-refractivity contribution in [1.29, 1.82) is 10.8 Å². The number of nitrogen functional groups attached to an aromatic ring is 1. The summed E-state index contributed by atoms with van der Waals surface area (Å²) in [5.74, 6) is 0.610. The molecule has 0 unspecified atom stereocenters. The lowest BCUT2D eigenvalue weighted by Crippen LogP contribution is -2.30. The van der Waals surface area contributed by atoms with Crippen LogP contribution in [0.25, 0.3) is 22.2 Å². The van der Waals surface area contributed by atoms with Crippen LogP contribution in [0.3, 0.4) is 0 Å². The number of aromatic nitrogens is 4. The third kappa shape index (κ3) is 3.30. The van der Waals surface area contributed by atoms with E-state index in [1.807, 2.05) is 48.5 Å². The third-order valence-corrected chi connectivity index (χ3v) is 4.26. The maximum Gasteiger partial charge on any atom is 0.148 e. The van der Waals surface area contributed by atoms with Gasteiger partial charge in [-0.2, -0.15) is 5.10 Å². The second-order valence-electron chi connectivity index (χ2n) is 6.12. The topological polar surface area (TPSA) is 117 Å². The van der Waals surface area contributed by atoms with Crippen LogP contribution in [-0.2, 0) is 6.42 Å². The number of anilines is 1. The minimum absolute atomic E-state index is 0.156. The van der Waals surface area contributed by atoms with Crippen molar-refractivity contribution in [3.8, 4) is 11.3 Å². The highest BCUT2D eigenvalue weighted by molar-refractivity contribution is 5.90. The smallest absolute Gasteiger partial charge is 0.148 e. The summed E-state index contributed by atoms with van der Waals surface area (Å²) in [4.78, 5) is 8.20. The van der Waals surface area contributed by atoms with Crippen molar-refractivity contribution >= 4 is 22.6 Å². The fraction of sp³-hybridized carbons (Fsp3) is 0.0500. The van der Waals surface area contributed by atoms with Gasteiger partial charge in [0, 0.05) is 17.4 Å². The van der Waals surface area contributed by atoms with E-state index in [0.717, 1.165) is 22.0 Å². The predicted octanol–water partition coefficient (Wildman–Crippen LogP) is 2.62. The van der Waals surface area contributed by atoms with Crippen LogP contribution in [0.2, 0.25) is 0 Å². The number of nitrogens with two attached hydrogens (primary N) is 1. The van der Waals surface area contributed by atoms with Crippen molar-refractivity contribution in [2.45, 2.75) is 6.42 Å². The van der Waals surface area contributed by atoms with Gasteiger partial charge in [0.05, 0.1) is 11.2 Å². The average molecular weight is 355 g/mol. The van der Waals surface area contributed by atoms with Crippen LogP contribution in [0.5, 0.6) is 0 Å². The molecule has 0 saturated heterocycles. The molecule has 4 N–H and O–H groups in total. The molecule has 0 aliphatic rings. The minimum atomic E-state index is 0.156. The Labute approximate surface area is 155 Å². The lowest BCUT2D eigenvalue weighted by Gasteiger charge is -2.10. The van der Waals surface area contributed by atoms with Crippen LogP contribution in [0.4, 0.5) is 5.82 Å². The van der Waals surface area contributed by atoms with Crippen molar-refractivity contribution in [2.24, 2.45) is 0 Å². The number of fused-ring (bicyclic) bond motifs is 1. The average Bonchev–Trinajstić information content (AvgIpc) is 2.69. The Morgan fingerprint density at radius 1 is 1.00 bits per heavy atom. The van der Waals surface area contributed by atoms with Crippen molar-refractivity contribution in [1.82, 2.24) is 19.7 Å². The number of benzene rings is 2. The highest BCUT2D eigenvalue weighted by atomic mass is 15.3. The van der Waals surface area contributed by atoms with Gasteiger partial charge >= 0.3 is 0 Å². The van der Waals surface area contributed by atoms with Crippen LogP contribution in [0.15, 0.2) is 67.0 Å². The number of nitrogens with one attached hydrogen (secondary N) is 2. The summed E-state index contributed by atoms with van der Waals surface area (Å²) in [6.45, 7) is 0. The Bertz CT molecular complexity index is 1200. The summed E-state index contributed by atoms with van der Waals surface area (Å²) in [6, 6.07) is 18.8. The zero-order valence-corrected chi connectivity index (χ0v) is 14.4. The largest absolute Gasteiger partial charge is 0.383 e. The summed E-state index contributed by atoms with van der Waals surface area (Å²) >= 11 is 0. The van der Waals surface area contributed by atoms with Crippen LogP contribution in [-0.4, -0.2) is 25.6 Å². The van der Waals surface area contributed by atoms with Crippen LogP contribution in [0.1, 0.15) is 5.56 Å². The van der Waals surface area contributed by atoms with Crippen molar-refractivity contribution in [3.05, 3.63) is 78.0 Å². The normalized spacial score (nSPS) is 10.8. The van der Waals surface area contributed by atoms with E-state index in [-0.39, 0.29) is 11.3 Å². The van der Waals surface area contributed by atoms with Crippen LogP contribution in [0, 0.1) is 10.8 Å². The molecular formula is C20H17N7. The van der Waals surface area contributed by atoms with Gasteiger partial charge in [-0.05, 0) is 29.8 Å². The number of hydrogen-bond acceptors (Lipinski definition) is 6. The van der Waals surface area contributed by atoms with Gasteiger partial charge < -0.3 is 5.73 Å². The summed E-state index contributed by atoms with van der Waals surface area (Å²) in [7, 11) is 0. The second kappa shape index (κ2) is 6.80. The predicted molar refractivity (Wildman–Crippen MR) is 104 cm³/mol. The number of hydrogen-bond donors (Lipinski definition) is 3. The van der Waals surface area contributed by atoms with Gasteiger partial charge in [-0.15, -0.1) is 0 Å². The Morgan fingerprint density at radius 3 is 2.63 bits per heavy atom. The van der Waals surface area contributed by atoms with Crippen molar-refractivity contribution < 1.29 is 0 Å². The van der Waals surface area contributed by atoms with Gasteiger partial charge in [-0.25, -0.2) is 14.6 Å². The molecule has 27 heavy (non-hydrogen) atoms. The lowest BCUT2D eigenvalue weighted by molar-refractivity contribution is 0.800. The van der Waals surface area contributed by atoms with Crippen molar-refractivity contribution in [3.63, 3.8) is 0 Å².